The summed E-state index contributed by atoms with van der Waals surface area (Å²) < 4.78 is 5.63. The summed E-state index contributed by atoms with van der Waals surface area (Å²) in [5, 5.41) is 0. The molecule has 1 saturated carbocycles. The van der Waals surface area contributed by atoms with E-state index in [9.17, 15) is 0 Å². The van der Waals surface area contributed by atoms with Gasteiger partial charge in [0.2, 0.25) is 0 Å². The average Bonchev–Trinajstić information content (AvgIpc) is 2.85. The Balaban J connectivity index is 1.71. The van der Waals surface area contributed by atoms with Crippen LogP contribution >= 0.6 is 0 Å². The Bertz CT molecular complexity index is 407. The van der Waals surface area contributed by atoms with Crippen LogP contribution in [0.15, 0.2) is 18.2 Å². The Hall–Kier alpha value is -0.930. The van der Waals surface area contributed by atoms with Gasteiger partial charge in [-0.3, -0.25) is 9.88 Å². The second-order valence-corrected chi connectivity index (χ2v) is 5.30. The fraction of sp³-hybridized carbons (Fsp3) is 0.643. The molecule has 0 N–H and O–H groups in total. The first-order valence-electron chi connectivity index (χ1n) is 6.47. The first-order valence-corrected chi connectivity index (χ1v) is 6.47. The minimum absolute atomic E-state index is 0.458. The maximum Gasteiger partial charge on any atom is 0.0766 e. The molecule has 1 aromatic rings. The number of aromatic nitrogens is 1. The fourth-order valence-corrected chi connectivity index (χ4v) is 3.48. The molecule has 2 bridgehead atoms. The number of ether oxygens (including phenoxy) is 1. The minimum Gasteiger partial charge on any atom is -0.379 e. The summed E-state index contributed by atoms with van der Waals surface area (Å²) in [5.41, 5.74) is 2.29. The van der Waals surface area contributed by atoms with Crippen LogP contribution in [0.5, 0.6) is 0 Å². The van der Waals surface area contributed by atoms with E-state index in [2.05, 4.69) is 35.0 Å². The van der Waals surface area contributed by atoms with E-state index >= 15 is 0 Å². The molecule has 3 heteroatoms. The number of hydrogen-bond acceptors (Lipinski definition) is 3. The second-order valence-electron chi connectivity index (χ2n) is 5.30. The van der Waals surface area contributed by atoms with Crippen molar-refractivity contribution in [2.45, 2.75) is 38.5 Å². The molecular formula is C14H20N2O. The molecule has 2 heterocycles. The molecule has 2 aliphatic rings. The van der Waals surface area contributed by atoms with Crippen LogP contribution in [0.3, 0.4) is 0 Å². The smallest absolute Gasteiger partial charge is 0.0766 e. The van der Waals surface area contributed by atoms with Crippen molar-refractivity contribution in [1.29, 1.82) is 0 Å². The van der Waals surface area contributed by atoms with Crippen LogP contribution in [0.25, 0.3) is 0 Å². The van der Waals surface area contributed by atoms with Gasteiger partial charge in [0.25, 0.3) is 0 Å². The predicted octanol–water partition coefficient (Wildman–Crippen LogP) is 2.00. The van der Waals surface area contributed by atoms with E-state index in [1.807, 2.05) is 7.11 Å². The summed E-state index contributed by atoms with van der Waals surface area (Å²) in [6.07, 6.45) is 3.08. The number of hydrogen-bond donors (Lipinski definition) is 0. The molecule has 3 rings (SSSR count). The first kappa shape index (κ1) is 11.2. The lowest BCUT2D eigenvalue weighted by Crippen LogP contribution is -2.34. The largest absolute Gasteiger partial charge is 0.379 e. The van der Waals surface area contributed by atoms with Gasteiger partial charge in [0.15, 0.2) is 0 Å². The quantitative estimate of drug-likeness (QED) is 0.797. The highest BCUT2D eigenvalue weighted by Crippen LogP contribution is 2.39. The highest BCUT2D eigenvalue weighted by Gasteiger charge is 2.46. The van der Waals surface area contributed by atoms with E-state index in [1.54, 1.807) is 0 Å². The molecule has 0 radical (unpaired) electrons. The third kappa shape index (κ3) is 1.98. The number of fused-ring (bicyclic) bond motifs is 2. The summed E-state index contributed by atoms with van der Waals surface area (Å²) in [5.74, 6) is 0.745. The van der Waals surface area contributed by atoms with Crippen LogP contribution in [0.4, 0.5) is 0 Å². The molecule has 92 valence electrons. The van der Waals surface area contributed by atoms with E-state index in [0.29, 0.717) is 12.1 Å². The monoisotopic (exact) mass is 232 g/mol. The van der Waals surface area contributed by atoms with E-state index in [-0.39, 0.29) is 0 Å². The van der Waals surface area contributed by atoms with Crippen LogP contribution in [0, 0.1) is 12.8 Å². The van der Waals surface area contributed by atoms with Crippen molar-refractivity contribution < 1.29 is 4.74 Å². The van der Waals surface area contributed by atoms with Gasteiger partial charge in [-0.2, -0.15) is 0 Å². The maximum absolute atomic E-state index is 5.63. The molecule has 1 saturated heterocycles. The lowest BCUT2D eigenvalue weighted by atomic mass is 10.1. The standard InChI is InChI=1S/C14H20N2O/c1-10-4-3-5-12(15-10)9-16-8-11-6-7-13(16)14(11)17-2/h3-5,11,13-14H,6-9H2,1-2H3. The van der Waals surface area contributed by atoms with Gasteiger partial charge in [-0.15, -0.1) is 0 Å². The topological polar surface area (TPSA) is 25.4 Å². The molecule has 3 unspecified atom stereocenters. The zero-order chi connectivity index (χ0) is 11.8. The zero-order valence-corrected chi connectivity index (χ0v) is 10.6. The van der Waals surface area contributed by atoms with Gasteiger partial charge in [0, 0.05) is 31.9 Å². The van der Waals surface area contributed by atoms with Crippen LogP contribution < -0.4 is 0 Å². The normalized spacial score (nSPS) is 32.2. The number of pyridine rings is 1. The van der Waals surface area contributed by atoms with Gasteiger partial charge in [0.1, 0.15) is 0 Å². The number of piperidine rings is 1. The van der Waals surface area contributed by atoms with Gasteiger partial charge in [-0.25, -0.2) is 0 Å². The molecular weight excluding hydrogens is 212 g/mol. The summed E-state index contributed by atoms with van der Waals surface area (Å²) in [4.78, 5) is 7.13. The Morgan fingerprint density at radius 2 is 2.29 bits per heavy atom. The van der Waals surface area contributed by atoms with Gasteiger partial charge in [0.05, 0.1) is 11.8 Å². The summed E-state index contributed by atoms with van der Waals surface area (Å²) >= 11 is 0. The molecule has 1 aliphatic carbocycles. The van der Waals surface area contributed by atoms with Crippen molar-refractivity contribution in [3.63, 3.8) is 0 Å². The summed E-state index contributed by atoms with van der Waals surface area (Å²) in [7, 11) is 1.85. The second kappa shape index (κ2) is 4.39. The third-order valence-corrected chi connectivity index (χ3v) is 4.20. The Morgan fingerprint density at radius 3 is 3.00 bits per heavy atom. The SMILES string of the molecule is COC1C2CCC1N(Cc1cccc(C)n1)C2. The number of nitrogens with zero attached hydrogens (tertiary/aromatic N) is 2. The van der Waals surface area contributed by atoms with Crippen molar-refractivity contribution in [2.75, 3.05) is 13.7 Å². The lowest BCUT2D eigenvalue weighted by molar-refractivity contribution is 0.0678. The van der Waals surface area contributed by atoms with Crippen molar-refractivity contribution in [3.05, 3.63) is 29.6 Å². The van der Waals surface area contributed by atoms with Crippen molar-refractivity contribution in [3.8, 4) is 0 Å². The van der Waals surface area contributed by atoms with E-state index in [4.69, 9.17) is 4.74 Å². The Kier molecular flexibility index (Phi) is 2.89. The van der Waals surface area contributed by atoms with E-state index < -0.39 is 0 Å². The molecule has 17 heavy (non-hydrogen) atoms. The van der Waals surface area contributed by atoms with Crippen molar-refractivity contribution >= 4 is 0 Å². The number of likely N-dealkylation sites (tertiary alicyclic amines) is 1. The van der Waals surface area contributed by atoms with Crippen LogP contribution in [-0.2, 0) is 11.3 Å². The van der Waals surface area contributed by atoms with Crippen LogP contribution in [0.1, 0.15) is 24.2 Å². The molecule has 3 nitrogen and oxygen atoms in total. The van der Waals surface area contributed by atoms with Gasteiger partial charge in [-0.1, -0.05) is 6.07 Å². The molecule has 2 fully saturated rings. The molecule has 1 aliphatic heterocycles. The minimum atomic E-state index is 0.458. The average molecular weight is 232 g/mol. The van der Waals surface area contributed by atoms with Gasteiger partial charge < -0.3 is 4.74 Å². The third-order valence-electron chi connectivity index (χ3n) is 4.20. The van der Waals surface area contributed by atoms with Gasteiger partial charge >= 0.3 is 0 Å². The molecule has 0 aromatic carbocycles. The first-order chi connectivity index (χ1) is 8.28. The highest BCUT2D eigenvalue weighted by atomic mass is 16.5. The summed E-state index contributed by atoms with van der Waals surface area (Å²) in [6, 6.07) is 6.89. The molecule has 3 atom stereocenters. The van der Waals surface area contributed by atoms with Crippen LogP contribution in [-0.4, -0.2) is 35.7 Å². The molecule has 0 amide bonds. The zero-order valence-electron chi connectivity index (χ0n) is 10.6. The number of rotatable bonds is 3. The lowest BCUT2D eigenvalue weighted by Gasteiger charge is -2.26. The number of aryl methyl sites for hydroxylation is 1. The Labute approximate surface area is 103 Å². The summed E-state index contributed by atoms with van der Waals surface area (Å²) in [6.45, 7) is 4.21. The molecule has 0 spiro atoms. The molecule has 1 aromatic heterocycles. The highest BCUT2D eigenvalue weighted by molar-refractivity contribution is 5.11. The maximum atomic E-state index is 5.63. The predicted molar refractivity (Wildman–Crippen MR) is 66.7 cm³/mol. The van der Waals surface area contributed by atoms with Crippen molar-refractivity contribution in [1.82, 2.24) is 9.88 Å². The van der Waals surface area contributed by atoms with Crippen molar-refractivity contribution in [2.24, 2.45) is 5.92 Å². The fourth-order valence-electron chi connectivity index (χ4n) is 3.48. The van der Waals surface area contributed by atoms with Crippen LogP contribution in [0.2, 0.25) is 0 Å². The Morgan fingerprint density at radius 1 is 1.41 bits per heavy atom. The van der Waals surface area contributed by atoms with E-state index in [0.717, 1.165) is 18.2 Å². The van der Waals surface area contributed by atoms with E-state index in [1.165, 1.54) is 25.1 Å². The van der Waals surface area contributed by atoms with Gasteiger partial charge in [-0.05, 0) is 37.8 Å². The number of methoxy groups -OCH3 is 1.